The van der Waals surface area contributed by atoms with Crippen LogP contribution in [0.2, 0.25) is 0 Å². The van der Waals surface area contributed by atoms with Crippen LogP contribution in [0.3, 0.4) is 0 Å². The number of hydrogen-bond acceptors (Lipinski definition) is 4. The van der Waals surface area contributed by atoms with Crippen LogP contribution in [0.1, 0.15) is 41.4 Å². The van der Waals surface area contributed by atoms with Crippen molar-refractivity contribution in [2.45, 2.75) is 26.5 Å². The SMILES string of the molecule is CC(=O)N[C@H](C)c1ccc(NC(=O)c2ccc(OCc3ccccc3)cc2)c(O)c1. The molecule has 0 heterocycles. The van der Waals surface area contributed by atoms with Crippen molar-refractivity contribution in [1.82, 2.24) is 5.32 Å². The van der Waals surface area contributed by atoms with Gasteiger partial charge in [0.2, 0.25) is 5.91 Å². The third-order valence-corrected chi connectivity index (χ3v) is 4.55. The highest BCUT2D eigenvalue weighted by Gasteiger charge is 2.13. The maximum absolute atomic E-state index is 12.5. The molecule has 0 spiro atoms. The van der Waals surface area contributed by atoms with Crippen molar-refractivity contribution >= 4 is 17.5 Å². The average Bonchev–Trinajstić information content (AvgIpc) is 2.74. The highest BCUT2D eigenvalue weighted by Crippen LogP contribution is 2.28. The summed E-state index contributed by atoms with van der Waals surface area (Å²) >= 11 is 0. The number of aromatic hydroxyl groups is 1. The Morgan fingerprint density at radius 1 is 1.00 bits per heavy atom. The van der Waals surface area contributed by atoms with E-state index in [0.29, 0.717) is 23.6 Å². The molecule has 3 N–H and O–H groups in total. The number of carbonyl (C=O) groups is 2. The van der Waals surface area contributed by atoms with E-state index in [0.717, 1.165) is 11.1 Å². The van der Waals surface area contributed by atoms with E-state index in [1.54, 1.807) is 36.4 Å². The molecule has 154 valence electrons. The van der Waals surface area contributed by atoms with Crippen LogP contribution in [0.4, 0.5) is 5.69 Å². The number of benzene rings is 3. The van der Waals surface area contributed by atoms with E-state index in [9.17, 15) is 14.7 Å². The average molecular weight is 404 g/mol. The lowest BCUT2D eigenvalue weighted by molar-refractivity contribution is -0.119. The summed E-state index contributed by atoms with van der Waals surface area (Å²) in [6.07, 6.45) is 0. The molecule has 2 amide bonds. The molecule has 0 unspecified atom stereocenters. The molecule has 0 saturated carbocycles. The van der Waals surface area contributed by atoms with E-state index in [4.69, 9.17) is 4.74 Å². The maximum Gasteiger partial charge on any atom is 0.255 e. The first-order valence-electron chi connectivity index (χ1n) is 9.60. The number of amides is 2. The van der Waals surface area contributed by atoms with Gasteiger partial charge in [0.15, 0.2) is 0 Å². The molecule has 6 nitrogen and oxygen atoms in total. The van der Waals surface area contributed by atoms with E-state index < -0.39 is 0 Å². The molecule has 0 radical (unpaired) electrons. The fourth-order valence-corrected chi connectivity index (χ4v) is 2.95. The third kappa shape index (κ3) is 5.61. The first-order chi connectivity index (χ1) is 14.4. The summed E-state index contributed by atoms with van der Waals surface area (Å²) in [6.45, 7) is 3.70. The summed E-state index contributed by atoms with van der Waals surface area (Å²) in [4.78, 5) is 23.7. The molecule has 0 bridgehead atoms. The minimum atomic E-state index is -0.345. The zero-order chi connectivity index (χ0) is 21.5. The Balaban J connectivity index is 1.61. The number of ether oxygens (including phenoxy) is 1. The Morgan fingerprint density at radius 3 is 2.33 bits per heavy atom. The molecule has 0 aliphatic heterocycles. The van der Waals surface area contributed by atoms with Crippen molar-refractivity contribution in [3.8, 4) is 11.5 Å². The fraction of sp³-hybridized carbons (Fsp3) is 0.167. The molecule has 1 atom stereocenters. The summed E-state index contributed by atoms with van der Waals surface area (Å²) in [7, 11) is 0. The molecular formula is C24H24N2O4. The van der Waals surface area contributed by atoms with Gasteiger partial charge in [0, 0.05) is 12.5 Å². The van der Waals surface area contributed by atoms with Gasteiger partial charge >= 0.3 is 0 Å². The van der Waals surface area contributed by atoms with Gasteiger partial charge in [0.1, 0.15) is 18.1 Å². The van der Waals surface area contributed by atoms with Crippen LogP contribution in [0.25, 0.3) is 0 Å². The monoisotopic (exact) mass is 404 g/mol. The standard InChI is InChI=1S/C24H24N2O4/c1-16(25-17(2)27)20-10-13-22(23(28)14-20)26-24(29)19-8-11-21(12-9-19)30-15-18-6-4-3-5-7-18/h3-14,16,28H,15H2,1-2H3,(H,25,27)(H,26,29)/t16-/m1/s1. The summed E-state index contributed by atoms with van der Waals surface area (Å²) in [5, 5.41) is 15.7. The van der Waals surface area contributed by atoms with Crippen LogP contribution in [-0.4, -0.2) is 16.9 Å². The van der Waals surface area contributed by atoms with Gasteiger partial charge in [-0.3, -0.25) is 9.59 Å². The topological polar surface area (TPSA) is 87.7 Å². The van der Waals surface area contributed by atoms with Gasteiger partial charge in [0.25, 0.3) is 5.91 Å². The summed E-state index contributed by atoms with van der Waals surface area (Å²) < 4.78 is 5.73. The third-order valence-electron chi connectivity index (χ3n) is 4.55. The van der Waals surface area contributed by atoms with Gasteiger partial charge in [-0.25, -0.2) is 0 Å². The van der Waals surface area contributed by atoms with Crippen molar-refractivity contribution in [2.75, 3.05) is 5.32 Å². The molecule has 3 aromatic rings. The number of anilines is 1. The second-order valence-corrected chi connectivity index (χ2v) is 6.95. The summed E-state index contributed by atoms with van der Waals surface area (Å²) in [5.41, 5.74) is 2.53. The van der Waals surface area contributed by atoms with Gasteiger partial charge in [0.05, 0.1) is 11.7 Å². The largest absolute Gasteiger partial charge is 0.506 e. The Bertz CT molecular complexity index is 1020. The summed E-state index contributed by atoms with van der Waals surface area (Å²) in [5.74, 6) is 0.0913. The second kappa shape index (κ2) is 9.60. The van der Waals surface area contributed by atoms with Crippen molar-refractivity contribution in [2.24, 2.45) is 0 Å². The lowest BCUT2D eigenvalue weighted by Gasteiger charge is -2.15. The minimum Gasteiger partial charge on any atom is -0.506 e. The fourth-order valence-electron chi connectivity index (χ4n) is 2.95. The van der Waals surface area contributed by atoms with Gasteiger partial charge in [-0.15, -0.1) is 0 Å². The predicted octanol–water partition coefficient (Wildman–Crippen LogP) is 4.42. The number of carbonyl (C=O) groups excluding carboxylic acids is 2. The zero-order valence-electron chi connectivity index (χ0n) is 16.9. The van der Waals surface area contributed by atoms with E-state index >= 15 is 0 Å². The predicted molar refractivity (Wildman–Crippen MR) is 116 cm³/mol. The number of phenolic OH excluding ortho intramolecular Hbond substituents is 1. The van der Waals surface area contributed by atoms with Gasteiger partial charge < -0.3 is 20.5 Å². The summed E-state index contributed by atoms with van der Waals surface area (Å²) in [6, 6.07) is 21.3. The number of hydrogen-bond donors (Lipinski definition) is 3. The Kier molecular flexibility index (Phi) is 6.70. The van der Waals surface area contributed by atoms with Crippen LogP contribution in [0, 0.1) is 0 Å². The van der Waals surface area contributed by atoms with Crippen LogP contribution in [0.15, 0.2) is 72.8 Å². The van der Waals surface area contributed by atoms with Gasteiger partial charge in [-0.1, -0.05) is 36.4 Å². The molecule has 3 aromatic carbocycles. The lowest BCUT2D eigenvalue weighted by Crippen LogP contribution is -2.23. The molecule has 30 heavy (non-hydrogen) atoms. The normalized spacial score (nSPS) is 11.4. The first kappa shape index (κ1) is 20.9. The van der Waals surface area contributed by atoms with Crippen molar-refractivity contribution in [3.63, 3.8) is 0 Å². The Morgan fingerprint density at radius 2 is 1.70 bits per heavy atom. The van der Waals surface area contributed by atoms with Gasteiger partial charge in [-0.05, 0) is 54.4 Å². The van der Waals surface area contributed by atoms with Gasteiger partial charge in [-0.2, -0.15) is 0 Å². The Hall–Kier alpha value is -3.80. The highest BCUT2D eigenvalue weighted by atomic mass is 16.5. The van der Waals surface area contributed by atoms with Crippen molar-refractivity contribution < 1.29 is 19.4 Å². The highest BCUT2D eigenvalue weighted by molar-refractivity contribution is 6.05. The zero-order valence-corrected chi connectivity index (χ0v) is 16.9. The molecule has 0 aromatic heterocycles. The number of nitrogens with one attached hydrogen (secondary N) is 2. The van der Waals surface area contributed by atoms with E-state index in [2.05, 4.69) is 10.6 Å². The van der Waals surface area contributed by atoms with Crippen molar-refractivity contribution in [3.05, 3.63) is 89.5 Å². The quantitative estimate of drug-likeness (QED) is 0.509. The minimum absolute atomic E-state index is 0.0686. The second-order valence-electron chi connectivity index (χ2n) is 6.95. The molecular weight excluding hydrogens is 380 g/mol. The smallest absolute Gasteiger partial charge is 0.255 e. The Labute approximate surface area is 175 Å². The van der Waals surface area contributed by atoms with Crippen LogP contribution in [0.5, 0.6) is 11.5 Å². The molecule has 0 aliphatic rings. The van der Waals surface area contributed by atoms with Crippen LogP contribution < -0.4 is 15.4 Å². The first-order valence-corrected chi connectivity index (χ1v) is 9.60. The molecule has 0 aliphatic carbocycles. The lowest BCUT2D eigenvalue weighted by atomic mass is 10.1. The van der Waals surface area contributed by atoms with E-state index in [1.807, 2.05) is 37.3 Å². The molecule has 3 rings (SSSR count). The number of rotatable bonds is 7. The van der Waals surface area contributed by atoms with Crippen LogP contribution in [-0.2, 0) is 11.4 Å². The maximum atomic E-state index is 12.5. The van der Waals surface area contributed by atoms with Crippen molar-refractivity contribution in [1.29, 1.82) is 0 Å². The number of phenols is 1. The van der Waals surface area contributed by atoms with E-state index in [-0.39, 0.29) is 23.6 Å². The van der Waals surface area contributed by atoms with Crippen LogP contribution >= 0.6 is 0 Å². The molecule has 0 saturated heterocycles. The molecule has 0 fully saturated rings. The van der Waals surface area contributed by atoms with E-state index in [1.165, 1.54) is 13.0 Å². The molecule has 6 heteroatoms.